The second-order valence-corrected chi connectivity index (χ2v) is 6.47. The van der Waals surface area contributed by atoms with Crippen molar-refractivity contribution in [3.8, 4) is 5.75 Å². The van der Waals surface area contributed by atoms with E-state index in [2.05, 4.69) is 25.7 Å². The molecule has 8 nitrogen and oxygen atoms in total. The monoisotopic (exact) mass is 409 g/mol. The maximum absolute atomic E-state index is 12.2. The molecule has 1 amide bonds. The summed E-state index contributed by atoms with van der Waals surface area (Å²) in [5.41, 5.74) is 0.623. The molecule has 2 N–H and O–H groups in total. The summed E-state index contributed by atoms with van der Waals surface area (Å²) >= 11 is 0. The Hall–Kier alpha value is -2.16. The van der Waals surface area contributed by atoms with Gasteiger partial charge >= 0.3 is 0 Å². The molecule has 9 heteroatoms. The molecule has 0 radical (unpaired) electrons. The van der Waals surface area contributed by atoms with E-state index in [-0.39, 0.29) is 24.9 Å². The molecule has 154 valence electrons. The van der Waals surface area contributed by atoms with Gasteiger partial charge < -0.3 is 24.8 Å². The van der Waals surface area contributed by atoms with Gasteiger partial charge in [0.1, 0.15) is 5.75 Å². The molecule has 0 unspecified atom stereocenters. The SMILES string of the molecule is CCc1nc(COc2ccc(C(=O)NCCCN3CCNCC3)cc2)no1.Cl. The summed E-state index contributed by atoms with van der Waals surface area (Å²) in [6.07, 6.45) is 1.66. The van der Waals surface area contributed by atoms with Gasteiger partial charge in [0.2, 0.25) is 11.7 Å². The molecule has 2 aromatic rings. The molecule has 2 heterocycles. The number of aryl methyl sites for hydroxylation is 1. The first kappa shape index (κ1) is 22.1. The lowest BCUT2D eigenvalue weighted by atomic mass is 10.2. The lowest BCUT2D eigenvalue weighted by molar-refractivity contribution is 0.0951. The molecular formula is C19H28ClN5O3. The fourth-order valence-electron chi connectivity index (χ4n) is 2.88. The van der Waals surface area contributed by atoms with Crippen LogP contribution in [0.5, 0.6) is 5.75 Å². The molecule has 0 aliphatic carbocycles. The van der Waals surface area contributed by atoms with Crippen LogP contribution >= 0.6 is 12.4 Å². The van der Waals surface area contributed by atoms with Gasteiger partial charge in [-0.2, -0.15) is 4.98 Å². The van der Waals surface area contributed by atoms with E-state index in [1.165, 1.54) is 0 Å². The Labute approximate surface area is 171 Å². The average Bonchev–Trinajstić information content (AvgIpc) is 3.19. The number of piperazine rings is 1. The van der Waals surface area contributed by atoms with Gasteiger partial charge in [-0.1, -0.05) is 12.1 Å². The zero-order valence-corrected chi connectivity index (χ0v) is 17.0. The lowest BCUT2D eigenvalue weighted by Gasteiger charge is -2.27. The minimum Gasteiger partial charge on any atom is -0.485 e. The maximum atomic E-state index is 12.2. The molecule has 1 aromatic carbocycles. The quantitative estimate of drug-likeness (QED) is 0.608. The summed E-state index contributed by atoms with van der Waals surface area (Å²) in [5.74, 6) is 1.71. The van der Waals surface area contributed by atoms with Gasteiger partial charge in [0.25, 0.3) is 5.91 Å². The molecule has 1 aliphatic heterocycles. The Balaban J connectivity index is 0.00000280. The van der Waals surface area contributed by atoms with Gasteiger partial charge in [0.05, 0.1) is 0 Å². The topological polar surface area (TPSA) is 92.5 Å². The number of hydrogen-bond acceptors (Lipinski definition) is 7. The third-order valence-electron chi connectivity index (χ3n) is 4.44. The summed E-state index contributed by atoms with van der Waals surface area (Å²) in [6.45, 7) is 8.15. The van der Waals surface area contributed by atoms with E-state index in [4.69, 9.17) is 9.26 Å². The first-order valence-electron chi connectivity index (χ1n) is 9.50. The molecule has 1 aromatic heterocycles. The van der Waals surface area contributed by atoms with E-state index in [0.717, 1.165) is 39.1 Å². The van der Waals surface area contributed by atoms with Gasteiger partial charge in [-0.25, -0.2) is 0 Å². The second kappa shape index (κ2) is 11.6. The molecule has 1 fully saturated rings. The maximum Gasteiger partial charge on any atom is 0.251 e. The third kappa shape index (κ3) is 6.78. The van der Waals surface area contributed by atoms with Crippen molar-refractivity contribution >= 4 is 18.3 Å². The smallest absolute Gasteiger partial charge is 0.251 e. The molecular weight excluding hydrogens is 382 g/mol. The van der Waals surface area contributed by atoms with Gasteiger partial charge in [0, 0.05) is 44.7 Å². The minimum absolute atomic E-state index is 0. The van der Waals surface area contributed by atoms with Crippen LogP contribution < -0.4 is 15.4 Å². The minimum atomic E-state index is -0.0624. The molecule has 1 saturated heterocycles. The molecule has 0 spiro atoms. The van der Waals surface area contributed by atoms with Gasteiger partial charge in [-0.15, -0.1) is 12.4 Å². The fourth-order valence-corrected chi connectivity index (χ4v) is 2.88. The Bertz CT molecular complexity index is 717. The van der Waals surface area contributed by atoms with Crippen molar-refractivity contribution in [1.82, 2.24) is 25.7 Å². The van der Waals surface area contributed by atoms with Crippen molar-refractivity contribution in [2.45, 2.75) is 26.4 Å². The summed E-state index contributed by atoms with van der Waals surface area (Å²) in [5, 5.41) is 10.1. The number of aromatic nitrogens is 2. The summed E-state index contributed by atoms with van der Waals surface area (Å²) in [4.78, 5) is 18.8. The zero-order valence-electron chi connectivity index (χ0n) is 16.1. The third-order valence-corrected chi connectivity index (χ3v) is 4.44. The largest absolute Gasteiger partial charge is 0.485 e. The van der Waals surface area contributed by atoms with Crippen LogP contribution in [0.1, 0.15) is 35.4 Å². The Morgan fingerprint density at radius 1 is 1.29 bits per heavy atom. The number of nitrogens with zero attached hydrogens (tertiary/aromatic N) is 3. The van der Waals surface area contributed by atoms with Crippen molar-refractivity contribution in [2.24, 2.45) is 0 Å². The fraction of sp³-hybridized carbons (Fsp3) is 0.526. The molecule has 28 heavy (non-hydrogen) atoms. The van der Waals surface area contributed by atoms with Crippen LogP contribution in [-0.2, 0) is 13.0 Å². The number of nitrogens with one attached hydrogen (secondary N) is 2. The number of benzene rings is 1. The number of hydrogen-bond donors (Lipinski definition) is 2. The Kier molecular flexibility index (Phi) is 9.19. The van der Waals surface area contributed by atoms with Crippen LogP contribution in [0.2, 0.25) is 0 Å². The Morgan fingerprint density at radius 2 is 2.04 bits per heavy atom. The average molecular weight is 410 g/mol. The standard InChI is InChI=1S/C19H27N5O3.ClH/c1-2-18-22-17(23-27-18)14-26-16-6-4-15(5-7-16)19(25)21-8-3-11-24-12-9-20-10-13-24;/h4-7,20H,2-3,8-14H2,1H3,(H,21,25);1H. The van der Waals surface area contributed by atoms with Crippen LogP contribution in [0.15, 0.2) is 28.8 Å². The number of carbonyl (C=O) groups is 1. The lowest BCUT2D eigenvalue weighted by Crippen LogP contribution is -2.44. The van der Waals surface area contributed by atoms with E-state index < -0.39 is 0 Å². The van der Waals surface area contributed by atoms with Crippen LogP contribution in [0.3, 0.4) is 0 Å². The number of rotatable bonds is 9. The van der Waals surface area contributed by atoms with E-state index in [0.29, 0.717) is 36.0 Å². The van der Waals surface area contributed by atoms with Crippen molar-refractivity contribution in [1.29, 1.82) is 0 Å². The van der Waals surface area contributed by atoms with Crippen LogP contribution in [0.25, 0.3) is 0 Å². The van der Waals surface area contributed by atoms with Crippen molar-refractivity contribution < 1.29 is 14.1 Å². The molecule has 1 aliphatic rings. The highest BCUT2D eigenvalue weighted by molar-refractivity contribution is 5.94. The predicted molar refractivity (Wildman–Crippen MR) is 108 cm³/mol. The van der Waals surface area contributed by atoms with Gasteiger partial charge in [-0.3, -0.25) is 4.79 Å². The second-order valence-electron chi connectivity index (χ2n) is 6.47. The van der Waals surface area contributed by atoms with Crippen LogP contribution in [0.4, 0.5) is 0 Å². The van der Waals surface area contributed by atoms with E-state index in [1.54, 1.807) is 24.3 Å². The first-order valence-corrected chi connectivity index (χ1v) is 9.50. The van der Waals surface area contributed by atoms with Gasteiger partial charge in [0.15, 0.2) is 6.61 Å². The molecule has 0 bridgehead atoms. The van der Waals surface area contributed by atoms with E-state index in [9.17, 15) is 4.79 Å². The van der Waals surface area contributed by atoms with Crippen molar-refractivity contribution in [3.05, 3.63) is 41.5 Å². The zero-order chi connectivity index (χ0) is 18.9. The molecule has 0 atom stereocenters. The highest BCUT2D eigenvalue weighted by atomic mass is 35.5. The Morgan fingerprint density at radius 3 is 2.71 bits per heavy atom. The number of carbonyl (C=O) groups excluding carboxylic acids is 1. The van der Waals surface area contributed by atoms with Gasteiger partial charge in [-0.05, 0) is 37.2 Å². The van der Waals surface area contributed by atoms with Crippen LogP contribution in [0, 0.1) is 0 Å². The highest BCUT2D eigenvalue weighted by Gasteiger charge is 2.10. The van der Waals surface area contributed by atoms with E-state index >= 15 is 0 Å². The van der Waals surface area contributed by atoms with Crippen molar-refractivity contribution in [2.75, 3.05) is 39.3 Å². The normalized spacial score (nSPS) is 14.3. The first-order chi connectivity index (χ1) is 13.2. The number of halogens is 1. The van der Waals surface area contributed by atoms with Crippen molar-refractivity contribution in [3.63, 3.8) is 0 Å². The predicted octanol–water partition coefficient (Wildman–Crippen LogP) is 1.66. The summed E-state index contributed by atoms with van der Waals surface area (Å²) in [6, 6.07) is 7.07. The van der Waals surface area contributed by atoms with E-state index in [1.807, 2.05) is 6.92 Å². The molecule has 3 rings (SSSR count). The van der Waals surface area contributed by atoms with Crippen LogP contribution in [-0.4, -0.2) is 60.2 Å². The number of amides is 1. The summed E-state index contributed by atoms with van der Waals surface area (Å²) < 4.78 is 10.7. The summed E-state index contributed by atoms with van der Waals surface area (Å²) in [7, 11) is 0. The molecule has 0 saturated carbocycles. The highest BCUT2D eigenvalue weighted by Crippen LogP contribution is 2.13. The number of ether oxygens (including phenoxy) is 1.